The highest BCUT2D eigenvalue weighted by Gasteiger charge is 2.14. The van der Waals surface area contributed by atoms with Crippen molar-refractivity contribution in [1.82, 2.24) is 20.1 Å². The van der Waals surface area contributed by atoms with E-state index in [1.165, 1.54) is 11.8 Å². The summed E-state index contributed by atoms with van der Waals surface area (Å²) in [4.78, 5) is 18.2. The van der Waals surface area contributed by atoms with E-state index in [0.717, 1.165) is 22.0 Å². The molecule has 2 heterocycles. The van der Waals surface area contributed by atoms with Crippen LogP contribution in [0, 0.1) is 0 Å². The first-order valence-corrected chi connectivity index (χ1v) is 10.2. The number of benzene rings is 2. The lowest BCUT2D eigenvalue weighted by molar-refractivity contribution is 0.0946. The van der Waals surface area contributed by atoms with Crippen molar-refractivity contribution >= 4 is 17.7 Å². The summed E-state index contributed by atoms with van der Waals surface area (Å²) in [6.45, 7) is 0.326. The van der Waals surface area contributed by atoms with E-state index in [-0.39, 0.29) is 5.91 Å². The molecule has 4 rings (SSSR count). The molecule has 2 aromatic carbocycles. The van der Waals surface area contributed by atoms with Crippen LogP contribution in [0.15, 0.2) is 95.1 Å². The zero-order valence-electron chi connectivity index (χ0n) is 16.4. The molecule has 30 heavy (non-hydrogen) atoms. The number of pyridine rings is 1. The smallest absolute Gasteiger partial charge is 0.254 e. The monoisotopic (exact) mass is 416 g/mol. The topological polar surface area (TPSA) is 69.0 Å². The van der Waals surface area contributed by atoms with E-state index in [2.05, 4.69) is 15.4 Å². The largest absolute Gasteiger partial charge is 0.497 e. The van der Waals surface area contributed by atoms with Crippen LogP contribution in [0.5, 0.6) is 5.75 Å². The molecular formula is C23H20N4O2S. The molecule has 0 aliphatic rings. The average Bonchev–Trinajstić information content (AvgIpc) is 3.28. The predicted octanol–water partition coefficient (Wildman–Crippen LogP) is 4.36. The van der Waals surface area contributed by atoms with Crippen LogP contribution in [0.1, 0.15) is 16.1 Å². The summed E-state index contributed by atoms with van der Waals surface area (Å²) in [5.41, 5.74) is 2.23. The molecule has 4 aromatic rings. The molecule has 0 atom stereocenters. The van der Waals surface area contributed by atoms with Gasteiger partial charge in [0, 0.05) is 17.3 Å². The van der Waals surface area contributed by atoms with E-state index in [0.29, 0.717) is 17.1 Å². The standard InChI is InChI=1S/C23H20N4O2S/c1-29-19-11-9-18(10-12-19)27-15-13-17(26-27)16-25-22(28)21-8-5-14-24-23(21)30-20-6-3-2-4-7-20/h2-15H,16H2,1H3,(H,25,28). The van der Waals surface area contributed by atoms with Gasteiger partial charge < -0.3 is 10.1 Å². The lowest BCUT2D eigenvalue weighted by Crippen LogP contribution is -2.24. The molecule has 150 valence electrons. The molecule has 6 nitrogen and oxygen atoms in total. The highest BCUT2D eigenvalue weighted by atomic mass is 32.2. The van der Waals surface area contributed by atoms with E-state index in [9.17, 15) is 4.79 Å². The Morgan fingerprint density at radius 1 is 1.03 bits per heavy atom. The van der Waals surface area contributed by atoms with Gasteiger partial charge in [-0.15, -0.1) is 0 Å². The molecule has 7 heteroatoms. The van der Waals surface area contributed by atoms with Crippen LogP contribution in [0.25, 0.3) is 5.69 Å². The highest BCUT2D eigenvalue weighted by molar-refractivity contribution is 7.99. The minimum atomic E-state index is -0.180. The first-order chi connectivity index (χ1) is 14.7. The van der Waals surface area contributed by atoms with Crippen molar-refractivity contribution < 1.29 is 9.53 Å². The Hall–Kier alpha value is -3.58. The normalized spacial score (nSPS) is 10.6. The fraction of sp³-hybridized carbons (Fsp3) is 0.0870. The summed E-state index contributed by atoms with van der Waals surface area (Å²) in [6.07, 6.45) is 3.56. The number of aromatic nitrogens is 3. The second-order valence-electron chi connectivity index (χ2n) is 6.40. The molecule has 1 amide bonds. The van der Waals surface area contributed by atoms with Crippen LogP contribution in [0.3, 0.4) is 0 Å². The molecule has 1 N–H and O–H groups in total. The molecule has 0 spiro atoms. The first kappa shape index (κ1) is 19.7. The van der Waals surface area contributed by atoms with E-state index in [1.54, 1.807) is 30.1 Å². The predicted molar refractivity (Wildman–Crippen MR) is 116 cm³/mol. The summed E-state index contributed by atoms with van der Waals surface area (Å²) in [5, 5.41) is 8.14. The van der Waals surface area contributed by atoms with Crippen molar-refractivity contribution in [3.63, 3.8) is 0 Å². The van der Waals surface area contributed by atoms with Gasteiger partial charge >= 0.3 is 0 Å². The number of ether oxygens (including phenoxy) is 1. The number of nitrogens with zero attached hydrogens (tertiary/aromatic N) is 3. The quantitative estimate of drug-likeness (QED) is 0.485. The minimum absolute atomic E-state index is 0.180. The lowest BCUT2D eigenvalue weighted by atomic mass is 10.2. The van der Waals surface area contributed by atoms with Gasteiger partial charge in [-0.1, -0.05) is 30.0 Å². The van der Waals surface area contributed by atoms with Crippen LogP contribution in [0.2, 0.25) is 0 Å². The summed E-state index contributed by atoms with van der Waals surface area (Å²) in [5.74, 6) is 0.611. The van der Waals surface area contributed by atoms with Gasteiger partial charge in [0.05, 0.1) is 30.6 Å². The van der Waals surface area contributed by atoms with Crippen molar-refractivity contribution in [3.05, 3.63) is 96.4 Å². The molecule has 0 saturated heterocycles. The number of amides is 1. The molecule has 0 unspecified atom stereocenters. The third-order valence-corrected chi connectivity index (χ3v) is 5.41. The molecule has 0 radical (unpaired) electrons. The maximum absolute atomic E-state index is 12.8. The van der Waals surface area contributed by atoms with Gasteiger partial charge in [-0.2, -0.15) is 5.10 Å². The van der Waals surface area contributed by atoms with Crippen molar-refractivity contribution in [2.75, 3.05) is 7.11 Å². The van der Waals surface area contributed by atoms with Gasteiger partial charge in [0.1, 0.15) is 10.8 Å². The zero-order chi connectivity index (χ0) is 20.8. The summed E-state index contributed by atoms with van der Waals surface area (Å²) < 4.78 is 6.95. The van der Waals surface area contributed by atoms with E-state index >= 15 is 0 Å². The van der Waals surface area contributed by atoms with Gasteiger partial charge in [0.25, 0.3) is 5.91 Å². The molecule has 2 aromatic heterocycles. The number of hydrogen-bond acceptors (Lipinski definition) is 5. The number of methoxy groups -OCH3 is 1. The van der Waals surface area contributed by atoms with Gasteiger partial charge in [0.15, 0.2) is 0 Å². The maximum Gasteiger partial charge on any atom is 0.254 e. The van der Waals surface area contributed by atoms with Gasteiger partial charge in [-0.3, -0.25) is 4.79 Å². The van der Waals surface area contributed by atoms with Crippen LogP contribution in [-0.2, 0) is 6.54 Å². The Bertz CT molecular complexity index is 1130. The zero-order valence-corrected chi connectivity index (χ0v) is 17.2. The van der Waals surface area contributed by atoms with Crippen LogP contribution >= 0.6 is 11.8 Å². The second kappa shape index (κ2) is 9.28. The van der Waals surface area contributed by atoms with E-state index in [4.69, 9.17) is 4.74 Å². The SMILES string of the molecule is COc1ccc(-n2ccc(CNC(=O)c3cccnc3Sc3ccccc3)n2)cc1. The van der Waals surface area contributed by atoms with Crippen LogP contribution in [-0.4, -0.2) is 27.8 Å². The Labute approximate surface area is 178 Å². The van der Waals surface area contributed by atoms with Crippen molar-refractivity contribution in [2.24, 2.45) is 0 Å². The Morgan fingerprint density at radius 3 is 2.60 bits per heavy atom. The van der Waals surface area contributed by atoms with Gasteiger partial charge in [-0.25, -0.2) is 9.67 Å². The van der Waals surface area contributed by atoms with Crippen LogP contribution in [0.4, 0.5) is 0 Å². The molecular weight excluding hydrogens is 396 g/mol. The fourth-order valence-corrected chi connectivity index (χ4v) is 3.75. The van der Waals surface area contributed by atoms with Crippen LogP contribution < -0.4 is 10.1 Å². The summed E-state index contributed by atoms with van der Waals surface area (Å²) >= 11 is 1.47. The van der Waals surface area contributed by atoms with Gasteiger partial charge in [-0.05, 0) is 54.6 Å². The fourth-order valence-electron chi connectivity index (χ4n) is 2.85. The molecule has 0 fully saturated rings. The molecule has 0 aliphatic carbocycles. The van der Waals surface area contributed by atoms with Crippen molar-refractivity contribution in [1.29, 1.82) is 0 Å². The minimum Gasteiger partial charge on any atom is -0.497 e. The average molecular weight is 417 g/mol. The molecule has 0 bridgehead atoms. The number of rotatable bonds is 7. The Kier molecular flexibility index (Phi) is 6.10. The summed E-state index contributed by atoms with van der Waals surface area (Å²) in [7, 11) is 1.63. The Morgan fingerprint density at radius 2 is 1.83 bits per heavy atom. The van der Waals surface area contributed by atoms with E-state index < -0.39 is 0 Å². The maximum atomic E-state index is 12.8. The van der Waals surface area contributed by atoms with Gasteiger partial charge in [0.2, 0.25) is 0 Å². The number of carbonyl (C=O) groups is 1. The lowest BCUT2D eigenvalue weighted by Gasteiger charge is -2.08. The number of nitrogens with one attached hydrogen (secondary N) is 1. The number of carbonyl (C=O) groups excluding carboxylic acids is 1. The number of hydrogen-bond donors (Lipinski definition) is 1. The first-order valence-electron chi connectivity index (χ1n) is 9.38. The Balaban J connectivity index is 1.42. The third-order valence-electron chi connectivity index (χ3n) is 4.38. The van der Waals surface area contributed by atoms with E-state index in [1.807, 2.05) is 66.9 Å². The molecule has 0 aliphatic heterocycles. The third kappa shape index (κ3) is 4.69. The van der Waals surface area contributed by atoms with Crippen molar-refractivity contribution in [3.8, 4) is 11.4 Å². The molecule has 0 saturated carbocycles. The van der Waals surface area contributed by atoms with Crippen molar-refractivity contribution in [2.45, 2.75) is 16.5 Å². The highest BCUT2D eigenvalue weighted by Crippen LogP contribution is 2.28. The second-order valence-corrected chi connectivity index (χ2v) is 7.47. The summed E-state index contributed by atoms with van der Waals surface area (Å²) in [6, 6.07) is 22.9.